The summed E-state index contributed by atoms with van der Waals surface area (Å²) in [5, 5.41) is 18.1. The van der Waals surface area contributed by atoms with Crippen LogP contribution in [0.1, 0.15) is 73.9 Å². The molecule has 2 aromatic heterocycles. The Bertz CT molecular complexity index is 2590. The van der Waals surface area contributed by atoms with E-state index in [4.69, 9.17) is 31.4 Å². The number of amides is 2. The highest BCUT2D eigenvalue weighted by molar-refractivity contribution is 8.00. The summed E-state index contributed by atoms with van der Waals surface area (Å²) in [5.74, 6) is -3.83. The van der Waals surface area contributed by atoms with Crippen LogP contribution in [0.2, 0.25) is 0 Å². The van der Waals surface area contributed by atoms with E-state index in [2.05, 4.69) is 20.8 Å². The van der Waals surface area contributed by atoms with Gasteiger partial charge in [-0.1, -0.05) is 115 Å². The molecule has 7 rings (SSSR count). The molecule has 0 spiro atoms. The van der Waals surface area contributed by atoms with Gasteiger partial charge in [-0.05, 0) is 65.2 Å². The number of carbonyl (C=O) groups excluding carboxylic acids is 5. The predicted molar refractivity (Wildman–Crippen MR) is 254 cm³/mol. The largest absolute Gasteiger partial charge is 0.457 e. The summed E-state index contributed by atoms with van der Waals surface area (Å²) in [7, 11) is 0. The average molecular weight is 951 g/mol. The summed E-state index contributed by atoms with van der Waals surface area (Å²) in [6.45, 7) is 11.1. The Morgan fingerprint density at radius 2 is 1.46 bits per heavy atom. The number of rotatable bonds is 14. The van der Waals surface area contributed by atoms with Crippen molar-refractivity contribution in [2.24, 2.45) is 5.41 Å². The van der Waals surface area contributed by atoms with Gasteiger partial charge >= 0.3 is 17.9 Å². The Morgan fingerprint density at radius 1 is 0.877 bits per heavy atom. The van der Waals surface area contributed by atoms with Crippen LogP contribution in [0.15, 0.2) is 108 Å². The Balaban J connectivity index is 1.23. The number of thiocarbonyl (C=S) groups is 1. The van der Waals surface area contributed by atoms with Gasteiger partial charge in [0, 0.05) is 28.1 Å². The first-order chi connectivity index (χ1) is 30.9. The predicted octanol–water partition coefficient (Wildman–Crippen LogP) is 7.70. The lowest BCUT2D eigenvalue weighted by atomic mass is 9.77. The number of nitrogens with one attached hydrogen (secondary N) is 2. The fourth-order valence-corrected chi connectivity index (χ4v) is 10.6. The molecule has 14 nitrogen and oxygen atoms in total. The maximum absolute atomic E-state index is 14.7. The number of fused-ring (bicyclic) bond motifs is 1. The Morgan fingerprint density at radius 3 is 1.97 bits per heavy atom. The van der Waals surface area contributed by atoms with Crippen molar-refractivity contribution < 1.29 is 38.2 Å². The molecule has 5 aromatic rings. The smallest absolute Gasteiger partial charge is 0.358 e. The number of aryl methyl sites for hydroxylation is 1. The standard InChI is InChI=1S/C47H46N6O8S4/c1-28-51-52-38(65-28)33-24-63-41-46(26-62,40(57)53(41)36(33)39(56)59-27-60-42(58)44(2,3)4)49-37(55)32(23-35(54)61-45(5,6)7)34-25-64-43(48-34)50-47(29-17-11-8-12-18-29,30-19-13-9-14-20-30)31-21-15-10-16-22-31/h8-23,25-26,41H,24,27H2,1-7H3,(H,48,50)(H,49,55)/t41-,46?/m0/s1. The second-order valence-corrected chi connectivity index (χ2v) is 20.4. The van der Waals surface area contributed by atoms with Crippen LogP contribution in [-0.2, 0) is 43.7 Å². The van der Waals surface area contributed by atoms with Crippen molar-refractivity contribution in [3.05, 3.63) is 141 Å². The molecule has 2 amide bonds. The second kappa shape index (κ2) is 18.8. The third-order valence-electron chi connectivity index (χ3n) is 10.2. The van der Waals surface area contributed by atoms with Crippen molar-refractivity contribution in [1.82, 2.24) is 25.4 Å². The van der Waals surface area contributed by atoms with Gasteiger partial charge in [-0.15, -0.1) is 33.3 Å². The van der Waals surface area contributed by atoms with Crippen molar-refractivity contribution in [1.29, 1.82) is 0 Å². The molecule has 18 heteroatoms. The van der Waals surface area contributed by atoms with Gasteiger partial charge in [-0.25, -0.2) is 14.6 Å². The summed E-state index contributed by atoms with van der Waals surface area (Å²) < 4.78 is 16.2. The van der Waals surface area contributed by atoms with E-state index in [0.29, 0.717) is 20.7 Å². The maximum Gasteiger partial charge on any atom is 0.358 e. The molecule has 2 N–H and O–H groups in total. The van der Waals surface area contributed by atoms with Crippen LogP contribution in [0.4, 0.5) is 5.13 Å². The van der Waals surface area contributed by atoms with Crippen molar-refractivity contribution in [3.63, 3.8) is 0 Å². The number of aromatic nitrogens is 3. The number of nitrogens with zero attached hydrogens (tertiary/aromatic N) is 4. The van der Waals surface area contributed by atoms with E-state index in [0.717, 1.165) is 28.1 Å². The molecule has 65 heavy (non-hydrogen) atoms. The van der Waals surface area contributed by atoms with Gasteiger partial charge in [0.05, 0.1) is 16.7 Å². The van der Waals surface area contributed by atoms with Crippen LogP contribution in [0.5, 0.6) is 0 Å². The van der Waals surface area contributed by atoms with E-state index in [1.54, 1.807) is 53.8 Å². The topological polar surface area (TPSA) is 179 Å². The number of thioether (sulfide) groups is 1. The van der Waals surface area contributed by atoms with E-state index < -0.39 is 64.0 Å². The number of hydrogen-bond donors (Lipinski definition) is 2. The molecule has 0 aliphatic carbocycles. The molecule has 2 aliphatic rings. The first-order valence-electron chi connectivity index (χ1n) is 20.4. The Hall–Kier alpha value is -6.08. The number of ether oxygens (including phenoxy) is 3. The highest BCUT2D eigenvalue weighted by Crippen LogP contribution is 2.49. The van der Waals surface area contributed by atoms with Crippen molar-refractivity contribution in [3.8, 4) is 0 Å². The van der Waals surface area contributed by atoms with Gasteiger partial charge in [-0.2, -0.15) is 0 Å². The zero-order valence-electron chi connectivity index (χ0n) is 36.6. The zero-order valence-corrected chi connectivity index (χ0v) is 39.8. The van der Waals surface area contributed by atoms with Crippen LogP contribution in [0.3, 0.4) is 0 Å². The molecule has 4 heterocycles. The average Bonchev–Trinajstić information content (AvgIpc) is 3.94. The molecule has 0 radical (unpaired) electrons. The molecule has 2 atom stereocenters. The lowest BCUT2D eigenvalue weighted by Gasteiger charge is -2.55. The molecular weight excluding hydrogens is 905 g/mol. The lowest BCUT2D eigenvalue weighted by Crippen LogP contribution is -2.80. The summed E-state index contributed by atoms with van der Waals surface area (Å²) >= 11 is 9.16. The first-order valence-corrected chi connectivity index (χ1v) is 23.6. The zero-order chi connectivity index (χ0) is 46.7. The number of anilines is 1. The monoisotopic (exact) mass is 950 g/mol. The number of hydrogen-bond acceptors (Lipinski definition) is 16. The van der Waals surface area contributed by atoms with Crippen LogP contribution in [0, 0.1) is 12.3 Å². The van der Waals surface area contributed by atoms with E-state index in [-0.39, 0.29) is 22.7 Å². The number of thiazole rings is 1. The highest BCUT2D eigenvalue weighted by atomic mass is 32.2. The number of β-lactam (4-membered cyclic amide) rings is 1. The van der Waals surface area contributed by atoms with E-state index >= 15 is 0 Å². The van der Waals surface area contributed by atoms with Crippen LogP contribution in [0.25, 0.3) is 11.1 Å². The van der Waals surface area contributed by atoms with Crippen molar-refractivity contribution in [2.45, 2.75) is 70.5 Å². The third kappa shape index (κ3) is 9.66. The van der Waals surface area contributed by atoms with Crippen LogP contribution >= 0.6 is 46.7 Å². The van der Waals surface area contributed by atoms with Crippen molar-refractivity contribution >= 4 is 98.0 Å². The quantitative estimate of drug-likeness (QED) is 0.0276. The number of esters is 3. The first kappa shape index (κ1) is 46.9. The fraction of sp³-hybridized carbons (Fsp3) is 0.298. The molecule has 3 aromatic carbocycles. The molecular formula is C47H46N6O8S4. The summed E-state index contributed by atoms with van der Waals surface area (Å²) in [6.07, 6.45) is 1.04. The lowest BCUT2D eigenvalue weighted by molar-refractivity contribution is -0.173. The minimum Gasteiger partial charge on any atom is -0.457 e. The summed E-state index contributed by atoms with van der Waals surface area (Å²) in [5.41, 5.74) is -1.66. The Kier molecular flexibility index (Phi) is 13.6. The minimum atomic E-state index is -1.84. The van der Waals surface area contributed by atoms with Crippen LogP contribution in [-0.4, -0.2) is 84.2 Å². The minimum absolute atomic E-state index is 0.117. The van der Waals surface area contributed by atoms with Crippen LogP contribution < -0.4 is 10.6 Å². The van der Waals surface area contributed by atoms with Gasteiger partial charge in [-0.3, -0.25) is 19.3 Å². The van der Waals surface area contributed by atoms with Gasteiger partial charge in [0.15, 0.2) is 10.7 Å². The van der Waals surface area contributed by atoms with E-state index in [1.165, 1.54) is 39.3 Å². The molecule has 1 unspecified atom stereocenters. The normalized spacial score (nSPS) is 17.6. The Labute approximate surface area is 393 Å². The van der Waals surface area contributed by atoms with Gasteiger partial charge < -0.3 is 24.8 Å². The SMILES string of the molecule is Cc1nnc(C2=C(C(=O)OCOC(=O)C(C)(C)C)N3C(=O)C(C=S)(NC(=O)C(=CC(=O)OC(C)(C)C)c4csc(NC(c5ccccc5)(c5ccccc5)c5ccccc5)n4)[C@@H]3SC2)s1. The van der Waals surface area contributed by atoms with Gasteiger partial charge in [0.2, 0.25) is 6.79 Å². The molecule has 0 bridgehead atoms. The highest BCUT2D eigenvalue weighted by Gasteiger charge is 2.65. The fourth-order valence-electron chi connectivity index (χ4n) is 7.18. The number of benzene rings is 3. The van der Waals surface area contributed by atoms with E-state index in [1.807, 2.05) is 91.0 Å². The summed E-state index contributed by atoms with van der Waals surface area (Å²) in [4.78, 5) is 75.1. The third-order valence-corrected chi connectivity index (χ3v) is 13.6. The molecule has 336 valence electrons. The molecule has 1 fully saturated rings. The van der Waals surface area contributed by atoms with Gasteiger partial charge in [0.25, 0.3) is 11.8 Å². The molecule has 1 saturated heterocycles. The molecule has 2 aliphatic heterocycles. The van der Waals surface area contributed by atoms with E-state index in [9.17, 15) is 24.0 Å². The van der Waals surface area contributed by atoms with Gasteiger partial charge in [0.1, 0.15) is 32.2 Å². The second-order valence-electron chi connectivity index (χ2n) is 17.1. The maximum atomic E-state index is 14.7. The summed E-state index contributed by atoms with van der Waals surface area (Å²) in [6, 6.07) is 29.7. The number of carbonyl (C=O) groups is 5. The molecule has 0 saturated carbocycles. The van der Waals surface area contributed by atoms with Crippen molar-refractivity contribution in [2.75, 3.05) is 17.9 Å².